The molecule has 0 spiro atoms. The summed E-state index contributed by atoms with van der Waals surface area (Å²) in [7, 11) is -1.43. The molecule has 5 heteroatoms. The Bertz CT molecular complexity index is 687. The van der Waals surface area contributed by atoms with E-state index in [9.17, 15) is 0 Å². The van der Waals surface area contributed by atoms with Crippen LogP contribution >= 0.6 is 11.8 Å². The highest BCUT2D eigenvalue weighted by molar-refractivity contribution is 7.98. The summed E-state index contributed by atoms with van der Waals surface area (Å²) >= 11 is 1.49. The summed E-state index contributed by atoms with van der Waals surface area (Å²) in [6, 6.07) is 11.9. The molecular formula is C17H20N2OSSi. The molecule has 1 aromatic heterocycles. The number of ether oxygens (including phenoxy) is 1. The van der Waals surface area contributed by atoms with Gasteiger partial charge in [-0.05, 0) is 11.8 Å². The summed E-state index contributed by atoms with van der Waals surface area (Å²) in [4.78, 5) is 8.82. The van der Waals surface area contributed by atoms with Gasteiger partial charge in [-0.1, -0.05) is 67.7 Å². The van der Waals surface area contributed by atoms with Crippen LogP contribution in [0.25, 0.3) is 0 Å². The van der Waals surface area contributed by atoms with Gasteiger partial charge in [0.2, 0.25) is 5.88 Å². The first-order chi connectivity index (χ1) is 10.5. The minimum Gasteiger partial charge on any atom is -0.473 e. The second-order valence-corrected chi connectivity index (χ2v) is 11.4. The number of thioether (sulfide) groups is 1. The molecule has 0 atom stereocenters. The third-order valence-corrected chi connectivity index (χ3v) is 4.08. The Morgan fingerprint density at radius 2 is 1.86 bits per heavy atom. The van der Waals surface area contributed by atoms with E-state index in [4.69, 9.17) is 4.74 Å². The van der Waals surface area contributed by atoms with E-state index in [-0.39, 0.29) is 0 Å². The van der Waals surface area contributed by atoms with E-state index in [1.807, 2.05) is 42.7 Å². The highest BCUT2D eigenvalue weighted by Crippen LogP contribution is 2.17. The number of nitrogens with zero attached hydrogens (tertiary/aromatic N) is 2. The molecule has 0 fully saturated rings. The highest BCUT2D eigenvalue weighted by atomic mass is 32.2. The molecule has 0 aliphatic carbocycles. The van der Waals surface area contributed by atoms with E-state index < -0.39 is 8.07 Å². The lowest BCUT2D eigenvalue weighted by atomic mass is 10.2. The zero-order valence-corrected chi connectivity index (χ0v) is 15.2. The molecule has 22 heavy (non-hydrogen) atoms. The first-order valence-electron chi connectivity index (χ1n) is 7.09. The zero-order chi connectivity index (χ0) is 16.0. The second-order valence-electron chi connectivity index (χ2n) is 5.85. The van der Waals surface area contributed by atoms with E-state index in [0.717, 1.165) is 11.3 Å². The Morgan fingerprint density at radius 1 is 1.14 bits per heavy atom. The quantitative estimate of drug-likeness (QED) is 0.368. The van der Waals surface area contributed by atoms with Gasteiger partial charge in [-0.25, -0.2) is 4.98 Å². The third-order valence-electron chi connectivity index (χ3n) is 2.66. The predicted molar refractivity (Wildman–Crippen MR) is 94.8 cm³/mol. The number of aromatic nitrogens is 2. The summed E-state index contributed by atoms with van der Waals surface area (Å²) < 4.78 is 5.79. The Balaban J connectivity index is 2.18. The smallest absolute Gasteiger partial charge is 0.218 e. The van der Waals surface area contributed by atoms with Gasteiger partial charge in [0.15, 0.2) is 5.16 Å². The second kappa shape index (κ2) is 7.48. The summed E-state index contributed by atoms with van der Waals surface area (Å²) in [5, 5.41) is 0.686. The molecule has 114 valence electrons. The molecule has 2 rings (SSSR count). The molecule has 0 aliphatic heterocycles. The first kappa shape index (κ1) is 16.6. The molecule has 3 nitrogen and oxygen atoms in total. The third kappa shape index (κ3) is 5.55. The minimum absolute atomic E-state index is 0.493. The molecule has 0 saturated heterocycles. The van der Waals surface area contributed by atoms with E-state index in [2.05, 4.69) is 41.1 Å². The monoisotopic (exact) mass is 328 g/mol. The van der Waals surface area contributed by atoms with Crippen LogP contribution in [0.4, 0.5) is 0 Å². The Morgan fingerprint density at radius 3 is 2.50 bits per heavy atom. The van der Waals surface area contributed by atoms with Crippen molar-refractivity contribution in [1.29, 1.82) is 0 Å². The van der Waals surface area contributed by atoms with Crippen LogP contribution in [0, 0.1) is 11.5 Å². The van der Waals surface area contributed by atoms with Crippen molar-refractivity contribution in [2.75, 3.05) is 6.26 Å². The van der Waals surface area contributed by atoms with Crippen LogP contribution in [-0.2, 0) is 6.61 Å². The molecule has 0 amide bonds. The Hall–Kier alpha value is -1.77. The van der Waals surface area contributed by atoms with Crippen molar-refractivity contribution in [3.8, 4) is 17.3 Å². The summed E-state index contributed by atoms with van der Waals surface area (Å²) in [5.41, 5.74) is 5.16. The fraction of sp³-hybridized carbons (Fsp3) is 0.294. The van der Waals surface area contributed by atoms with Gasteiger partial charge in [-0.15, -0.1) is 5.54 Å². The number of benzene rings is 1. The zero-order valence-electron chi connectivity index (χ0n) is 13.4. The van der Waals surface area contributed by atoms with Crippen LogP contribution in [0.15, 0.2) is 41.6 Å². The summed E-state index contributed by atoms with van der Waals surface area (Å²) in [6.45, 7) is 7.13. The lowest BCUT2D eigenvalue weighted by Crippen LogP contribution is -2.16. The molecule has 0 aliphatic rings. The van der Waals surface area contributed by atoms with Crippen molar-refractivity contribution >= 4 is 19.8 Å². The average Bonchev–Trinajstić information content (AvgIpc) is 2.51. The first-order valence-corrected chi connectivity index (χ1v) is 11.8. The highest BCUT2D eigenvalue weighted by Gasteiger charge is 2.09. The van der Waals surface area contributed by atoms with Crippen LogP contribution < -0.4 is 4.74 Å². The van der Waals surface area contributed by atoms with Gasteiger partial charge in [0.05, 0.1) is 0 Å². The normalized spacial score (nSPS) is 10.7. The SMILES string of the molecule is CSc1nc(C#C[Si](C)(C)C)cc(OCc2ccccc2)n1. The van der Waals surface area contributed by atoms with Gasteiger partial charge < -0.3 is 4.74 Å². The van der Waals surface area contributed by atoms with Gasteiger partial charge in [-0.2, -0.15) is 4.98 Å². The van der Waals surface area contributed by atoms with E-state index in [0.29, 0.717) is 17.6 Å². The summed E-state index contributed by atoms with van der Waals surface area (Å²) in [6.07, 6.45) is 1.95. The minimum atomic E-state index is -1.43. The lowest BCUT2D eigenvalue weighted by molar-refractivity contribution is 0.290. The van der Waals surface area contributed by atoms with Gasteiger partial charge >= 0.3 is 0 Å². The number of hydrogen-bond acceptors (Lipinski definition) is 4. The Labute approximate surface area is 137 Å². The Kier molecular flexibility index (Phi) is 5.64. The number of rotatable bonds is 4. The van der Waals surface area contributed by atoms with Crippen LogP contribution in [0.2, 0.25) is 19.6 Å². The van der Waals surface area contributed by atoms with E-state index >= 15 is 0 Å². The summed E-state index contributed by atoms with van der Waals surface area (Å²) in [5.74, 6) is 3.74. The predicted octanol–water partition coefficient (Wildman–Crippen LogP) is 4.01. The number of hydrogen-bond donors (Lipinski definition) is 0. The topological polar surface area (TPSA) is 35.0 Å². The van der Waals surface area contributed by atoms with Crippen LogP contribution in [0.5, 0.6) is 5.88 Å². The van der Waals surface area contributed by atoms with Gasteiger partial charge in [0.25, 0.3) is 0 Å². The standard InChI is InChI=1S/C17H20N2OSSi/c1-21-17-18-15(10-11-22(2,3)4)12-16(19-17)20-13-14-8-6-5-7-9-14/h5-9,12H,13H2,1-4H3. The van der Waals surface area contributed by atoms with E-state index in [1.165, 1.54) is 11.8 Å². The average molecular weight is 329 g/mol. The van der Waals surface area contributed by atoms with Crippen molar-refractivity contribution in [3.05, 3.63) is 47.7 Å². The van der Waals surface area contributed by atoms with Crippen molar-refractivity contribution in [2.45, 2.75) is 31.4 Å². The van der Waals surface area contributed by atoms with Crippen LogP contribution in [-0.4, -0.2) is 24.3 Å². The molecule has 0 unspecified atom stereocenters. The fourth-order valence-corrected chi connectivity index (χ4v) is 2.49. The van der Waals surface area contributed by atoms with Crippen LogP contribution in [0.1, 0.15) is 11.3 Å². The molecule has 0 saturated carbocycles. The molecule has 1 aromatic carbocycles. The largest absolute Gasteiger partial charge is 0.473 e. The van der Waals surface area contributed by atoms with Gasteiger partial charge in [0, 0.05) is 6.07 Å². The molecule has 0 N–H and O–H groups in total. The van der Waals surface area contributed by atoms with E-state index in [1.54, 1.807) is 0 Å². The van der Waals surface area contributed by atoms with Crippen LogP contribution in [0.3, 0.4) is 0 Å². The van der Waals surface area contributed by atoms with Crippen molar-refractivity contribution < 1.29 is 4.74 Å². The maximum absolute atomic E-state index is 5.79. The van der Waals surface area contributed by atoms with Crippen molar-refractivity contribution in [3.63, 3.8) is 0 Å². The molecule has 0 bridgehead atoms. The molecule has 1 heterocycles. The van der Waals surface area contributed by atoms with Crippen molar-refractivity contribution in [2.24, 2.45) is 0 Å². The van der Waals surface area contributed by atoms with Gasteiger partial charge in [0.1, 0.15) is 20.4 Å². The lowest BCUT2D eigenvalue weighted by Gasteiger charge is -2.07. The maximum atomic E-state index is 5.79. The van der Waals surface area contributed by atoms with Crippen molar-refractivity contribution in [1.82, 2.24) is 9.97 Å². The molecule has 0 radical (unpaired) electrons. The van der Waals surface area contributed by atoms with Gasteiger partial charge in [-0.3, -0.25) is 0 Å². The molecular weight excluding hydrogens is 308 g/mol. The maximum Gasteiger partial charge on any atom is 0.218 e. The fourth-order valence-electron chi connectivity index (χ4n) is 1.62. The molecule has 2 aromatic rings.